The van der Waals surface area contributed by atoms with E-state index in [-0.39, 0.29) is 26.1 Å². The number of hydrogen-bond donors (Lipinski definition) is 5. The van der Waals surface area contributed by atoms with Crippen LogP contribution in [0.15, 0.2) is 5.10 Å². The molecule has 5 N–H and O–H groups in total. The minimum Gasteiger partial charge on any atom is -0.475 e. The van der Waals surface area contributed by atoms with Crippen LogP contribution in [0.5, 0.6) is 0 Å². The number of aliphatic hydroxyl groups excluding tert-OH is 1. The van der Waals surface area contributed by atoms with Crippen LogP contribution in [-0.4, -0.2) is 59.3 Å². The van der Waals surface area contributed by atoms with Crippen LogP contribution >= 0.6 is 0 Å². The van der Waals surface area contributed by atoms with Crippen molar-refractivity contribution >= 4 is 23.8 Å². The van der Waals surface area contributed by atoms with Gasteiger partial charge in [-0.1, -0.05) is 0 Å². The summed E-state index contributed by atoms with van der Waals surface area (Å²) < 4.78 is 4.97. The van der Waals surface area contributed by atoms with Gasteiger partial charge in [0, 0.05) is 13.0 Å². The molecule has 0 unspecified atom stereocenters. The zero-order valence-corrected chi connectivity index (χ0v) is 12.8. The Bertz CT molecular complexity index is 430. The largest absolute Gasteiger partial charge is 0.475 e. The standard InChI is InChI=1S/C12H22N4O6/c1-12(2,3)22-11(21)13-5-4-8(18)15-9(10(19)20)16-14-6-7-17/h14,17H,4-7H2,1-3H3,(H,13,21)(H,19,20)(H,15,16,18). The number of ether oxygens (including phenoxy) is 1. The molecule has 10 nitrogen and oxygen atoms in total. The zero-order chi connectivity index (χ0) is 17.2. The molecule has 0 saturated carbocycles. The fourth-order valence-corrected chi connectivity index (χ4v) is 1.10. The number of carbonyl (C=O) groups excluding carboxylic acids is 2. The molecule has 0 aromatic heterocycles. The van der Waals surface area contributed by atoms with Gasteiger partial charge >= 0.3 is 12.1 Å². The number of amides is 2. The lowest BCUT2D eigenvalue weighted by Gasteiger charge is -2.19. The van der Waals surface area contributed by atoms with Crippen molar-refractivity contribution in [2.24, 2.45) is 5.10 Å². The summed E-state index contributed by atoms with van der Waals surface area (Å²) in [7, 11) is 0. The van der Waals surface area contributed by atoms with Crippen LogP contribution < -0.4 is 16.1 Å². The molecular formula is C12H22N4O6. The number of nitrogens with one attached hydrogen (secondary N) is 3. The fourth-order valence-electron chi connectivity index (χ4n) is 1.10. The van der Waals surface area contributed by atoms with Gasteiger partial charge in [-0.05, 0) is 20.8 Å². The average Bonchev–Trinajstić information content (AvgIpc) is 2.35. The number of rotatable bonds is 6. The minimum absolute atomic E-state index is 0.0162. The van der Waals surface area contributed by atoms with Gasteiger partial charge in [0.2, 0.25) is 11.7 Å². The number of carbonyl (C=O) groups is 3. The van der Waals surface area contributed by atoms with Crippen LogP contribution in [0.25, 0.3) is 0 Å². The molecule has 0 fully saturated rings. The quantitative estimate of drug-likeness (QED) is 0.182. The number of carboxylic acid groups (broad SMARTS) is 1. The molecule has 0 spiro atoms. The maximum Gasteiger partial charge on any atom is 0.407 e. The number of carboxylic acids is 1. The number of alkyl carbamates (subject to hydrolysis) is 1. The Labute approximate surface area is 127 Å². The first-order valence-electron chi connectivity index (χ1n) is 6.57. The van der Waals surface area contributed by atoms with Gasteiger partial charge in [0.05, 0.1) is 13.2 Å². The van der Waals surface area contributed by atoms with E-state index in [9.17, 15) is 14.4 Å². The van der Waals surface area contributed by atoms with Gasteiger partial charge in [0.1, 0.15) is 5.60 Å². The summed E-state index contributed by atoms with van der Waals surface area (Å²) in [6.45, 7) is 4.91. The highest BCUT2D eigenvalue weighted by Gasteiger charge is 2.17. The molecule has 2 amide bonds. The van der Waals surface area contributed by atoms with Crippen LogP contribution in [0.2, 0.25) is 0 Å². The van der Waals surface area contributed by atoms with Gasteiger partial charge in [-0.15, -0.1) is 0 Å². The van der Waals surface area contributed by atoms with Crippen LogP contribution in [-0.2, 0) is 14.3 Å². The molecular weight excluding hydrogens is 296 g/mol. The van der Waals surface area contributed by atoms with Gasteiger partial charge < -0.3 is 31.0 Å². The highest BCUT2D eigenvalue weighted by Crippen LogP contribution is 2.06. The van der Waals surface area contributed by atoms with Crippen molar-refractivity contribution in [1.82, 2.24) is 16.1 Å². The molecule has 0 saturated heterocycles. The predicted molar refractivity (Wildman–Crippen MR) is 77.2 cm³/mol. The van der Waals surface area contributed by atoms with E-state index in [1.165, 1.54) is 0 Å². The van der Waals surface area contributed by atoms with Gasteiger partial charge in [-0.3, -0.25) is 4.79 Å². The van der Waals surface area contributed by atoms with Gasteiger partial charge in [0.25, 0.3) is 0 Å². The number of aliphatic carboxylic acids is 1. The smallest absolute Gasteiger partial charge is 0.407 e. The molecule has 10 heteroatoms. The molecule has 0 aromatic carbocycles. The Morgan fingerprint density at radius 1 is 1.18 bits per heavy atom. The van der Waals surface area contributed by atoms with Crippen LogP contribution in [0, 0.1) is 0 Å². The van der Waals surface area contributed by atoms with E-state index >= 15 is 0 Å². The number of aliphatic hydroxyl groups is 1. The Balaban J connectivity index is 4.18. The molecule has 0 radical (unpaired) electrons. The van der Waals surface area contributed by atoms with Crippen LogP contribution in [0.4, 0.5) is 4.79 Å². The Kier molecular flexibility index (Phi) is 8.53. The van der Waals surface area contributed by atoms with Crippen LogP contribution in [0.1, 0.15) is 27.2 Å². The lowest BCUT2D eigenvalue weighted by Crippen LogP contribution is -2.40. The molecule has 126 valence electrons. The molecule has 0 aromatic rings. The predicted octanol–water partition coefficient (Wildman–Crippen LogP) is -1.00. The zero-order valence-electron chi connectivity index (χ0n) is 12.8. The number of nitrogens with zero attached hydrogens (tertiary/aromatic N) is 1. The van der Waals surface area contributed by atoms with Gasteiger partial charge in [0.15, 0.2) is 0 Å². The number of hydrogen-bond acceptors (Lipinski definition) is 7. The highest BCUT2D eigenvalue weighted by molar-refractivity contribution is 6.37. The highest BCUT2D eigenvalue weighted by atomic mass is 16.6. The maximum absolute atomic E-state index is 11.5. The van der Waals surface area contributed by atoms with Crippen molar-refractivity contribution in [2.45, 2.75) is 32.8 Å². The first kappa shape index (κ1) is 19.6. The summed E-state index contributed by atoms with van der Waals surface area (Å²) in [5, 5.41) is 25.2. The van der Waals surface area contributed by atoms with E-state index in [2.05, 4.69) is 21.2 Å². The lowest BCUT2D eigenvalue weighted by atomic mass is 10.2. The average molecular weight is 318 g/mol. The molecule has 0 rings (SSSR count). The summed E-state index contributed by atoms with van der Waals surface area (Å²) in [4.78, 5) is 33.7. The molecule has 22 heavy (non-hydrogen) atoms. The molecule has 0 aliphatic carbocycles. The van der Waals surface area contributed by atoms with E-state index in [0.29, 0.717) is 0 Å². The van der Waals surface area contributed by atoms with E-state index in [1.807, 2.05) is 0 Å². The molecule has 0 atom stereocenters. The Morgan fingerprint density at radius 2 is 1.82 bits per heavy atom. The molecule has 0 aliphatic heterocycles. The van der Waals surface area contributed by atoms with Crippen molar-refractivity contribution < 1.29 is 29.3 Å². The topological polar surface area (TPSA) is 149 Å². The summed E-state index contributed by atoms with van der Waals surface area (Å²) >= 11 is 0. The second kappa shape index (κ2) is 9.55. The van der Waals surface area contributed by atoms with Crippen molar-refractivity contribution in [3.8, 4) is 0 Å². The van der Waals surface area contributed by atoms with Crippen LogP contribution in [0.3, 0.4) is 0 Å². The van der Waals surface area contributed by atoms with E-state index in [1.54, 1.807) is 20.8 Å². The van der Waals surface area contributed by atoms with E-state index < -0.39 is 29.4 Å². The van der Waals surface area contributed by atoms with Crippen molar-refractivity contribution in [1.29, 1.82) is 0 Å². The van der Waals surface area contributed by atoms with Crippen molar-refractivity contribution in [3.63, 3.8) is 0 Å². The summed E-state index contributed by atoms with van der Waals surface area (Å²) in [5.41, 5.74) is 1.63. The monoisotopic (exact) mass is 318 g/mol. The minimum atomic E-state index is -1.43. The third kappa shape index (κ3) is 10.4. The lowest BCUT2D eigenvalue weighted by molar-refractivity contribution is -0.130. The molecule has 0 bridgehead atoms. The van der Waals surface area contributed by atoms with Crippen molar-refractivity contribution in [2.75, 3.05) is 19.7 Å². The molecule has 0 aliphatic rings. The first-order valence-corrected chi connectivity index (χ1v) is 6.57. The Hall–Kier alpha value is -2.36. The summed E-state index contributed by atoms with van der Waals surface area (Å²) in [5.74, 6) is -2.67. The normalized spacial score (nSPS) is 11.5. The molecule has 0 heterocycles. The number of amidine groups is 1. The Morgan fingerprint density at radius 3 is 2.32 bits per heavy atom. The summed E-state index contributed by atoms with van der Waals surface area (Å²) in [6, 6.07) is 0. The van der Waals surface area contributed by atoms with Crippen molar-refractivity contribution in [3.05, 3.63) is 0 Å². The van der Waals surface area contributed by atoms with Gasteiger partial charge in [-0.2, -0.15) is 5.10 Å². The van der Waals surface area contributed by atoms with Gasteiger partial charge in [-0.25, -0.2) is 9.59 Å². The SMILES string of the molecule is CC(C)(C)OC(=O)NCCC(=O)N/C(=N\NCCO)C(=O)O. The maximum atomic E-state index is 11.5. The number of hydrazone groups is 1. The third-order valence-corrected chi connectivity index (χ3v) is 1.90. The van der Waals surface area contributed by atoms with E-state index in [4.69, 9.17) is 14.9 Å². The first-order chi connectivity index (χ1) is 10.2. The van der Waals surface area contributed by atoms with E-state index in [0.717, 1.165) is 0 Å². The second-order valence-corrected chi connectivity index (χ2v) is 5.12. The fraction of sp³-hybridized carbons (Fsp3) is 0.667. The second-order valence-electron chi connectivity index (χ2n) is 5.12. The summed E-state index contributed by atoms with van der Waals surface area (Å²) in [6.07, 6.45) is -0.817. The third-order valence-electron chi connectivity index (χ3n) is 1.90.